The molecular weight excluding hydrogens is 692 g/mol. The Kier molecular flexibility index (Phi) is 14.3. The van der Waals surface area contributed by atoms with Crippen molar-refractivity contribution in [2.75, 3.05) is 6.26 Å². The Morgan fingerprint density at radius 1 is 0.926 bits per heavy atom. The Hall–Kier alpha value is -3.35. The molecular formula is C48H63FO4S. The number of aryl methyl sites for hydroxylation is 1. The van der Waals surface area contributed by atoms with Crippen molar-refractivity contribution in [3.63, 3.8) is 0 Å². The number of esters is 1. The van der Waals surface area contributed by atoms with Gasteiger partial charge in [0.1, 0.15) is 29.2 Å². The summed E-state index contributed by atoms with van der Waals surface area (Å²) in [6.45, 7) is 17.8. The predicted octanol–water partition coefficient (Wildman–Crippen LogP) is 13.0. The number of carbonyl (C=O) groups is 1. The van der Waals surface area contributed by atoms with Gasteiger partial charge in [0.05, 0.1) is 6.42 Å². The standard InChI is InChI=1S/C48H63FO4S/c1-31(2)13-10-14-32(3)15-11-16-33(4)17-12-25-48(8)26-24-40-36(7)45(27-34(5)47(40)53-48)52-46(50)30-43-35(6)42(41-23-20-38(49)29-44(41)43)28-37-18-21-39(22-19-37)54(9)51/h18-23,27-29,31-33H,10-17,24-26,30H2,1-9H3/b42-28-. The minimum Gasteiger partial charge on any atom is -0.612 e. The molecule has 0 aromatic heterocycles. The first-order valence-electron chi connectivity index (χ1n) is 20.3. The Morgan fingerprint density at radius 2 is 1.57 bits per heavy atom. The van der Waals surface area contributed by atoms with E-state index in [4.69, 9.17) is 9.47 Å². The van der Waals surface area contributed by atoms with Crippen molar-refractivity contribution in [1.29, 1.82) is 0 Å². The molecule has 0 saturated carbocycles. The fraction of sp³-hybridized carbons (Fsp3) is 0.521. The van der Waals surface area contributed by atoms with E-state index in [2.05, 4.69) is 34.6 Å². The Balaban J connectivity index is 1.19. The van der Waals surface area contributed by atoms with Gasteiger partial charge in [-0.2, -0.15) is 0 Å². The van der Waals surface area contributed by atoms with Crippen molar-refractivity contribution in [1.82, 2.24) is 0 Å². The lowest BCUT2D eigenvalue weighted by Gasteiger charge is -2.38. The van der Waals surface area contributed by atoms with Gasteiger partial charge in [0.25, 0.3) is 0 Å². The van der Waals surface area contributed by atoms with Crippen LogP contribution in [0.15, 0.2) is 59.0 Å². The van der Waals surface area contributed by atoms with E-state index in [1.54, 1.807) is 12.3 Å². The highest BCUT2D eigenvalue weighted by Crippen LogP contribution is 2.46. The fourth-order valence-corrected chi connectivity index (χ4v) is 8.87. The minimum atomic E-state index is -1.06. The lowest BCUT2D eigenvalue weighted by Crippen LogP contribution is -2.37. The van der Waals surface area contributed by atoms with Crippen LogP contribution in [0.1, 0.15) is 146 Å². The normalized spacial score (nSPS) is 19.1. The fourth-order valence-electron chi connectivity index (χ4n) is 8.35. The largest absolute Gasteiger partial charge is 0.612 e. The molecule has 0 radical (unpaired) electrons. The lowest BCUT2D eigenvalue weighted by molar-refractivity contribution is -0.133. The molecule has 1 heterocycles. The molecule has 6 heteroatoms. The maximum atomic E-state index is 14.6. The second-order valence-electron chi connectivity index (χ2n) is 17.1. The average Bonchev–Trinajstić information content (AvgIpc) is 3.35. The number of carbonyl (C=O) groups excluding carboxylic acids is 1. The predicted molar refractivity (Wildman–Crippen MR) is 224 cm³/mol. The maximum Gasteiger partial charge on any atom is 0.315 e. The van der Waals surface area contributed by atoms with Crippen LogP contribution in [0.2, 0.25) is 0 Å². The molecule has 0 saturated heterocycles. The zero-order valence-corrected chi connectivity index (χ0v) is 35.1. The summed E-state index contributed by atoms with van der Waals surface area (Å²) in [6.07, 6.45) is 17.0. The van der Waals surface area contributed by atoms with Crippen LogP contribution >= 0.6 is 0 Å². The van der Waals surface area contributed by atoms with E-state index in [1.807, 2.05) is 57.2 Å². The average molecular weight is 755 g/mol. The van der Waals surface area contributed by atoms with E-state index in [-0.39, 0.29) is 23.8 Å². The maximum absolute atomic E-state index is 14.6. The molecule has 0 fully saturated rings. The van der Waals surface area contributed by atoms with Gasteiger partial charge in [0.2, 0.25) is 0 Å². The van der Waals surface area contributed by atoms with E-state index in [0.29, 0.717) is 11.3 Å². The first kappa shape index (κ1) is 41.8. The molecule has 1 aliphatic heterocycles. The van der Waals surface area contributed by atoms with Gasteiger partial charge in [-0.1, -0.05) is 78.7 Å². The zero-order chi connectivity index (χ0) is 39.2. The molecule has 4 nitrogen and oxygen atoms in total. The first-order valence-corrected chi connectivity index (χ1v) is 21.9. The van der Waals surface area contributed by atoms with Gasteiger partial charge in [-0.3, -0.25) is 4.79 Å². The molecule has 4 atom stereocenters. The summed E-state index contributed by atoms with van der Waals surface area (Å²) in [6, 6.07) is 14.2. The van der Waals surface area contributed by atoms with Crippen LogP contribution in [-0.2, 0) is 22.4 Å². The van der Waals surface area contributed by atoms with Crippen LogP contribution in [0.25, 0.3) is 17.2 Å². The molecule has 0 spiro atoms. The topological polar surface area (TPSA) is 58.6 Å². The Bertz CT molecular complexity index is 1840. The van der Waals surface area contributed by atoms with Gasteiger partial charge in [0, 0.05) is 5.56 Å². The van der Waals surface area contributed by atoms with Crippen molar-refractivity contribution in [3.8, 4) is 11.5 Å². The van der Waals surface area contributed by atoms with E-state index in [9.17, 15) is 13.7 Å². The highest BCUT2D eigenvalue weighted by atomic mass is 32.2. The van der Waals surface area contributed by atoms with Crippen molar-refractivity contribution in [2.45, 2.75) is 143 Å². The van der Waals surface area contributed by atoms with Crippen molar-refractivity contribution < 1.29 is 23.2 Å². The Morgan fingerprint density at radius 3 is 2.22 bits per heavy atom. The van der Waals surface area contributed by atoms with Gasteiger partial charge < -0.3 is 14.0 Å². The van der Waals surface area contributed by atoms with Crippen LogP contribution in [0.5, 0.6) is 11.5 Å². The summed E-state index contributed by atoms with van der Waals surface area (Å²) < 4.78 is 39.3. The number of halogens is 1. The first-order chi connectivity index (χ1) is 25.6. The smallest absolute Gasteiger partial charge is 0.315 e. The number of hydrogen-bond acceptors (Lipinski definition) is 4. The van der Waals surface area contributed by atoms with E-state index >= 15 is 0 Å². The highest BCUT2D eigenvalue weighted by Gasteiger charge is 2.34. The lowest BCUT2D eigenvalue weighted by atomic mass is 9.84. The summed E-state index contributed by atoms with van der Waals surface area (Å²) in [5.74, 6) is 3.15. The number of rotatable bonds is 17. The van der Waals surface area contributed by atoms with Gasteiger partial charge in [-0.25, -0.2) is 4.39 Å². The van der Waals surface area contributed by atoms with Gasteiger partial charge >= 0.3 is 5.97 Å². The molecule has 0 amide bonds. The summed E-state index contributed by atoms with van der Waals surface area (Å²) in [7, 11) is 0. The molecule has 3 aromatic rings. The van der Waals surface area contributed by atoms with Crippen molar-refractivity contribution in [3.05, 3.63) is 93.3 Å². The number of fused-ring (bicyclic) bond motifs is 2. The van der Waals surface area contributed by atoms with Crippen LogP contribution in [0.3, 0.4) is 0 Å². The summed E-state index contributed by atoms with van der Waals surface area (Å²) in [4.78, 5) is 14.4. The molecule has 292 valence electrons. The van der Waals surface area contributed by atoms with Gasteiger partial charge in [-0.05, 0) is 175 Å². The Labute approximate surface area is 328 Å². The van der Waals surface area contributed by atoms with Crippen molar-refractivity contribution >= 4 is 34.4 Å². The summed E-state index contributed by atoms with van der Waals surface area (Å²) >= 11 is -1.06. The highest BCUT2D eigenvalue weighted by molar-refractivity contribution is 7.90. The number of allylic oxidation sites excluding steroid dienone is 2. The van der Waals surface area contributed by atoms with Crippen LogP contribution in [0.4, 0.5) is 4.39 Å². The number of ether oxygens (including phenoxy) is 2. The third kappa shape index (κ3) is 10.7. The SMILES string of the molecule is CC1=C(CC(=O)Oc2cc(C)c3c(c2C)CCC(C)(CCCC(C)CCCC(C)CCCC(C)C)O3)c2cc(F)ccc2/C1=C\c1ccc([S+](C)[O-])cc1. The van der Waals surface area contributed by atoms with E-state index < -0.39 is 11.2 Å². The minimum absolute atomic E-state index is 0.0211. The third-order valence-corrected chi connectivity index (χ3v) is 12.8. The molecule has 0 bridgehead atoms. The molecule has 54 heavy (non-hydrogen) atoms. The summed E-state index contributed by atoms with van der Waals surface area (Å²) in [5, 5.41) is 0. The van der Waals surface area contributed by atoms with Crippen molar-refractivity contribution in [2.24, 2.45) is 17.8 Å². The third-order valence-electron chi connectivity index (χ3n) is 11.9. The molecule has 0 N–H and O–H groups in total. The van der Waals surface area contributed by atoms with E-state index in [1.165, 1.54) is 57.1 Å². The van der Waals surface area contributed by atoms with Crippen LogP contribution < -0.4 is 9.47 Å². The quantitative estimate of drug-likeness (QED) is 0.0782. The second kappa shape index (κ2) is 18.5. The molecule has 3 aromatic carbocycles. The molecule has 2 aliphatic rings. The molecule has 4 unspecified atom stereocenters. The number of hydrogen-bond donors (Lipinski definition) is 0. The van der Waals surface area contributed by atoms with Gasteiger partial charge in [-0.15, -0.1) is 0 Å². The second-order valence-corrected chi connectivity index (χ2v) is 18.4. The summed E-state index contributed by atoms with van der Waals surface area (Å²) in [5.41, 5.74) is 7.99. The molecule has 1 aliphatic carbocycles. The van der Waals surface area contributed by atoms with Crippen LogP contribution in [-0.4, -0.2) is 22.4 Å². The van der Waals surface area contributed by atoms with E-state index in [0.717, 1.165) is 98.6 Å². The number of benzene rings is 3. The van der Waals surface area contributed by atoms with Crippen LogP contribution in [0, 0.1) is 37.4 Å². The molecule has 5 rings (SSSR count). The zero-order valence-electron chi connectivity index (χ0n) is 34.3. The monoisotopic (exact) mass is 754 g/mol. The van der Waals surface area contributed by atoms with Gasteiger partial charge in [0.15, 0.2) is 4.90 Å².